The van der Waals surface area contributed by atoms with E-state index in [1.165, 1.54) is 5.56 Å². The SMILES string of the molecule is CC(C)c1ccc(-n2[nH]c3c(ncc4ccccc43)c2=O)cc1. The second-order valence-electron chi connectivity index (χ2n) is 6.07. The van der Waals surface area contributed by atoms with Gasteiger partial charge in [-0.2, -0.15) is 0 Å². The number of aromatic amines is 1. The summed E-state index contributed by atoms with van der Waals surface area (Å²) in [4.78, 5) is 17.0. The zero-order chi connectivity index (χ0) is 16.0. The number of hydrogen-bond donors (Lipinski definition) is 1. The van der Waals surface area contributed by atoms with E-state index < -0.39 is 0 Å². The molecule has 0 radical (unpaired) electrons. The van der Waals surface area contributed by atoms with E-state index in [0.717, 1.165) is 22.0 Å². The third-order valence-electron chi connectivity index (χ3n) is 4.25. The molecule has 2 aromatic carbocycles. The third-order valence-corrected chi connectivity index (χ3v) is 4.25. The van der Waals surface area contributed by atoms with Crippen LogP contribution in [0.1, 0.15) is 25.3 Å². The van der Waals surface area contributed by atoms with Gasteiger partial charge in [0.1, 0.15) is 0 Å². The van der Waals surface area contributed by atoms with Crippen molar-refractivity contribution in [3.05, 3.63) is 70.6 Å². The van der Waals surface area contributed by atoms with Gasteiger partial charge < -0.3 is 0 Å². The number of hydrogen-bond acceptors (Lipinski definition) is 2. The molecular weight excluding hydrogens is 286 g/mol. The number of rotatable bonds is 2. The molecule has 0 saturated heterocycles. The lowest BCUT2D eigenvalue weighted by atomic mass is 10.0. The van der Waals surface area contributed by atoms with Crippen molar-refractivity contribution in [2.45, 2.75) is 19.8 Å². The van der Waals surface area contributed by atoms with Gasteiger partial charge in [-0.15, -0.1) is 0 Å². The van der Waals surface area contributed by atoms with Gasteiger partial charge in [0.15, 0.2) is 5.52 Å². The van der Waals surface area contributed by atoms with E-state index in [1.807, 2.05) is 36.4 Å². The summed E-state index contributed by atoms with van der Waals surface area (Å²) in [6.45, 7) is 4.31. The Morgan fingerprint density at radius 1 is 1.04 bits per heavy atom. The molecule has 0 saturated carbocycles. The van der Waals surface area contributed by atoms with Crippen LogP contribution in [-0.4, -0.2) is 14.8 Å². The molecule has 0 aliphatic heterocycles. The van der Waals surface area contributed by atoms with Crippen LogP contribution in [0.3, 0.4) is 0 Å². The molecule has 2 heterocycles. The Bertz CT molecular complexity index is 1060. The van der Waals surface area contributed by atoms with Crippen molar-refractivity contribution in [2.75, 3.05) is 0 Å². The fourth-order valence-corrected chi connectivity index (χ4v) is 2.90. The van der Waals surface area contributed by atoms with Crippen molar-refractivity contribution in [2.24, 2.45) is 0 Å². The minimum atomic E-state index is -0.122. The van der Waals surface area contributed by atoms with Crippen molar-refractivity contribution >= 4 is 21.8 Å². The second kappa shape index (κ2) is 5.09. The summed E-state index contributed by atoms with van der Waals surface area (Å²) >= 11 is 0. The van der Waals surface area contributed by atoms with E-state index in [9.17, 15) is 4.79 Å². The van der Waals surface area contributed by atoms with Crippen LogP contribution in [0.25, 0.3) is 27.5 Å². The molecule has 0 spiro atoms. The van der Waals surface area contributed by atoms with Crippen LogP contribution in [0.5, 0.6) is 0 Å². The first-order valence-electron chi connectivity index (χ1n) is 7.74. The lowest BCUT2D eigenvalue weighted by Crippen LogP contribution is -2.14. The van der Waals surface area contributed by atoms with Gasteiger partial charge in [0.05, 0.1) is 11.2 Å². The lowest BCUT2D eigenvalue weighted by Gasteiger charge is -2.06. The van der Waals surface area contributed by atoms with E-state index in [2.05, 4.69) is 36.1 Å². The summed E-state index contributed by atoms with van der Waals surface area (Å²) in [5.74, 6) is 0.467. The summed E-state index contributed by atoms with van der Waals surface area (Å²) in [6, 6.07) is 16.0. The van der Waals surface area contributed by atoms with E-state index in [0.29, 0.717) is 11.4 Å². The van der Waals surface area contributed by atoms with E-state index in [4.69, 9.17) is 0 Å². The number of aromatic nitrogens is 3. The monoisotopic (exact) mass is 303 g/mol. The summed E-state index contributed by atoms with van der Waals surface area (Å²) in [7, 11) is 0. The molecule has 0 aliphatic carbocycles. The fraction of sp³-hybridized carbons (Fsp3) is 0.158. The van der Waals surface area contributed by atoms with Crippen LogP contribution in [0.2, 0.25) is 0 Å². The smallest absolute Gasteiger partial charge is 0.288 e. The van der Waals surface area contributed by atoms with Crippen LogP contribution in [0.4, 0.5) is 0 Å². The molecule has 1 N–H and O–H groups in total. The van der Waals surface area contributed by atoms with Crippen molar-refractivity contribution in [1.29, 1.82) is 0 Å². The first-order chi connectivity index (χ1) is 11.1. The summed E-state index contributed by atoms with van der Waals surface area (Å²) in [5.41, 5.74) is 3.20. The highest BCUT2D eigenvalue weighted by Gasteiger charge is 2.12. The number of H-pyrrole nitrogens is 1. The molecule has 2 aromatic heterocycles. The minimum Gasteiger partial charge on any atom is -0.288 e. The molecule has 0 atom stereocenters. The van der Waals surface area contributed by atoms with Gasteiger partial charge >= 0.3 is 0 Å². The Morgan fingerprint density at radius 3 is 2.52 bits per heavy atom. The lowest BCUT2D eigenvalue weighted by molar-refractivity contribution is 0.846. The predicted molar refractivity (Wildman–Crippen MR) is 93.3 cm³/mol. The normalized spacial score (nSPS) is 11.6. The van der Waals surface area contributed by atoms with Crippen molar-refractivity contribution in [3.63, 3.8) is 0 Å². The second-order valence-corrected chi connectivity index (χ2v) is 6.07. The van der Waals surface area contributed by atoms with Gasteiger partial charge in [0.25, 0.3) is 5.56 Å². The number of fused-ring (bicyclic) bond motifs is 3. The highest BCUT2D eigenvalue weighted by Crippen LogP contribution is 2.21. The highest BCUT2D eigenvalue weighted by atomic mass is 16.1. The Morgan fingerprint density at radius 2 is 1.78 bits per heavy atom. The topological polar surface area (TPSA) is 50.7 Å². The number of nitrogens with zero attached hydrogens (tertiary/aromatic N) is 2. The van der Waals surface area contributed by atoms with E-state index >= 15 is 0 Å². The minimum absolute atomic E-state index is 0.122. The number of nitrogens with one attached hydrogen (secondary N) is 1. The first kappa shape index (κ1) is 13.8. The largest absolute Gasteiger partial charge is 0.297 e. The molecule has 4 heteroatoms. The highest BCUT2D eigenvalue weighted by molar-refractivity contribution is 6.02. The zero-order valence-electron chi connectivity index (χ0n) is 13.1. The van der Waals surface area contributed by atoms with Gasteiger partial charge in [-0.3, -0.25) is 9.89 Å². The van der Waals surface area contributed by atoms with Gasteiger partial charge in [-0.05, 0) is 23.6 Å². The third kappa shape index (κ3) is 2.14. The van der Waals surface area contributed by atoms with Crippen LogP contribution in [0, 0.1) is 0 Å². The first-order valence-corrected chi connectivity index (χ1v) is 7.74. The summed E-state index contributed by atoms with van der Waals surface area (Å²) in [5, 5.41) is 5.24. The molecule has 0 unspecified atom stereocenters. The molecule has 4 nitrogen and oxygen atoms in total. The average molecular weight is 303 g/mol. The maximum absolute atomic E-state index is 12.7. The number of pyridine rings is 1. The quantitative estimate of drug-likeness (QED) is 0.608. The molecule has 0 amide bonds. The van der Waals surface area contributed by atoms with Gasteiger partial charge in [0.2, 0.25) is 0 Å². The standard InChI is InChI=1S/C19H17N3O/c1-12(2)13-7-9-15(10-8-13)22-19(23)18-17(21-22)16-6-4-3-5-14(16)11-20-18/h3-12,21H,1-2H3. The van der Waals surface area contributed by atoms with Gasteiger partial charge in [0, 0.05) is 17.0 Å². The van der Waals surface area contributed by atoms with Crippen molar-refractivity contribution in [1.82, 2.24) is 14.8 Å². The van der Waals surface area contributed by atoms with E-state index in [-0.39, 0.29) is 5.56 Å². The Labute approximate surface area is 133 Å². The Hall–Kier alpha value is -2.88. The maximum Gasteiger partial charge on any atom is 0.297 e. The Balaban J connectivity index is 1.95. The van der Waals surface area contributed by atoms with Crippen molar-refractivity contribution < 1.29 is 0 Å². The average Bonchev–Trinajstić information content (AvgIpc) is 2.92. The van der Waals surface area contributed by atoms with Crippen LogP contribution >= 0.6 is 0 Å². The van der Waals surface area contributed by atoms with Gasteiger partial charge in [-0.1, -0.05) is 50.2 Å². The van der Waals surface area contributed by atoms with E-state index in [1.54, 1.807) is 10.9 Å². The van der Waals surface area contributed by atoms with Crippen LogP contribution < -0.4 is 5.56 Å². The van der Waals surface area contributed by atoms with Gasteiger partial charge in [-0.25, -0.2) is 9.67 Å². The predicted octanol–water partition coefficient (Wildman–Crippen LogP) is 3.99. The molecule has 0 aliphatic rings. The molecule has 4 aromatic rings. The van der Waals surface area contributed by atoms with Crippen LogP contribution in [-0.2, 0) is 0 Å². The van der Waals surface area contributed by atoms with Crippen LogP contribution in [0.15, 0.2) is 59.5 Å². The molecule has 0 bridgehead atoms. The molecule has 23 heavy (non-hydrogen) atoms. The molecule has 114 valence electrons. The molecule has 0 fully saturated rings. The zero-order valence-corrected chi connectivity index (χ0v) is 13.1. The fourth-order valence-electron chi connectivity index (χ4n) is 2.90. The molecule has 4 rings (SSSR count). The van der Waals surface area contributed by atoms with Crippen molar-refractivity contribution in [3.8, 4) is 5.69 Å². The number of benzene rings is 2. The summed E-state index contributed by atoms with van der Waals surface area (Å²) in [6.07, 6.45) is 1.75. The maximum atomic E-state index is 12.7. The summed E-state index contributed by atoms with van der Waals surface area (Å²) < 4.78 is 1.56. The Kier molecular flexibility index (Phi) is 3.05. The molecular formula is C19H17N3O.